The van der Waals surface area contributed by atoms with Crippen LogP contribution in [0.25, 0.3) is 11.4 Å². The number of pyridine rings is 1. The minimum atomic E-state index is -0.744. The van der Waals surface area contributed by atoms with E-state index in [1.54, 1.807) is 24.0 Å². The first kappa shape index (κ1) is 12.6. The Morgan fingerprint density at radius 1 is 1.26 bits per heavy atom. The second kappa shape index (κ2) is 4.77. The van der Waals surface area contributed by atoms with E-state index in [1.165, 1.54) is 12.1 Å². The minimum Gasteiger partial charge on any atom is -0.366 e. The first-order valence-corrected chi connectivity index (χ1v) is 5.34. The topological polar surface area (TPSA) is 129 Å². The number of nitrogens with two attached hydrogens (primary N) is 2. The molecule has 8 heteroatoms. The molecule has 0 spiro atoms. The molecule has 0 bridgehead atoms. The molecule has 2 heterocycles. The highest BCUT2D eigenvalue weighted by Crippen LogP contribution is 2.21. The Hall–Kier alpha value is -2.90. The number of aryl methyl sites for hydroxylation is 1. The molecule has 8 nitrogen and oxygen atoms in total. The summed E-state index contributed by atoms with van der Waals surface area (Å²) in [5.41, 5.74) is 11.3. The first-order valence-electron chi connectivity index (χ1n) is 5.34. The molecule has 2 rings (SSSR count). The number of primary amides is 2. The van der Waals surface area contributed by atoms with Gasteiger partial charge < -0.3 is 11.5 Å². The van der Waals surface area contributed by atoms with Crippen LogP contribution in [0.15, 0.2) is 24.4 Å². The lowest BCUT2D eigenvalue weighted by atomic mass is 10.1. The van der Waals surface area contributed by atoms with E-state index in [-0.39, 0.29) is 11.4 Å². The summed E-state index contributed by atoms with van der Waals surface area (Å²) in [6, 6.07) is 3.84. The van der Waals surface area contributed by atoms with Crippen molar-refractivity contribution in [1.29, 1.82) is 0 Å². The number of rotatable bonds is 3. The van der Waals surface area contributed by atoms with Gasteiger partial charge in [0.25, 0.3) is 5.91 Å². The van der Waals surface area contributed by atoms with E-state index in [0.29, 0.717) is 11.4 Å². The molecule has 2 aromatic rings. The van der Waals surface area contributed by atoms with E-state index in [0.717, 1.165) is 0 Å². The molecule has 0 saturated carbocycles. The number of amides is 3. The van der Waals surface area contributed by atoms with Crippen LogP contribution in [0.1, 0.15) is 10.4 Å². The van der Waals surface area contributed by atoms with Crippen LogP contribution in [0.4, 0.5) is 10.6 Å². The summed E-state index contributed by atoms with van der Waals surface area (Å²) < 4.78 is 1.57. The maximum absolute atomic E-state index is 11.4. The third kappa shape index (κ3) is 2.68. The van der Waals surface area contributed by atoms with Crippen LogP contribution >= 0.6 is 0 Å². The number of carbonyl (C=O) groups is 2. The fourth-order valence-electron chi connectivity index (χ4n) is 1.59. The quantitative estimate of drug-likeness (QED) is 0.721. The third-order valence-electron chi connectivity index (χ3n) is 2.37. The SMILES string of the molecule is Cn1ccc(-c2nc(NC(N)=O)ccc2C(N)=O)n1. The third-order valence-corrected chi connectivity index (χ3v) is 2.37. The van der Waals surface area contributed by atoms with Crippen molar-refractivity contribution in [3.63, 3.8) is 0 Å². The molecular formula is C11H12N6O2. The maximum Gasteiger partial charge on any atom is 0.317 e. The number of urea groups is 1. The highest BCUT2D eigenvalue weighted by atomic mass is 16.2. The van der Waals surface area contributed by atoms with Crippen LogP contribution in [0.2, 0.25) is 0 Å². The van der Waals surface area contributed by atoms with Gasteiger partial charge in [-0.05, 0) is 18.2 Å². The Kier molecular flexibility index (Phi) is 3.15. The van der Waals surface area contributed by atoms with Gasteiger partial charge >= 0.3 is 6.03 Å². The molecule has 98 valence electrons. The molecule has 19 heavy (non-hydrogen) atoms. The second-order valence-electron chi connectivity index (χ2n) is 3.82. The number of nitrogens with one attached hydrogen (secondary N) is 1. The fourth-order valence-corrected chi connectivity index (χ4v) is 1.59. The Labute approximate surface area is 108 Å². The van der Waals surface area contributed by atoms with Crippen LogP contribution in [0.3, 0.4) is 0 Å². The van der Waals surface area contributed by atoms with E-state index >= 15 is 0 Å². The highest BCUT2D eigenvalue weighted by Gasteiger charge is 2.15. The average Bonchev–Trinajstić information content (AvgIpc) is 2.74. The molecule has 0 fully saturated rings. The van der Waals surface area contributed by atoms with E-state index in [4.69, 9.17) is 11.5 Å². The summed E-state index contributed by atoms with van der Waals surface area (Å²) in [5, 5.41) is 6.48. The molecule has 0 aliphatic rings. The summed E-state index contributed by atoms with van der Waals surface area (Å²) in [6.07, 6.45) is 1.70. The van der Waals surface area contributed by atoms with Gasteiger partial charge in [0.2, 0.25) is 0 Å². The number of hydrogen-bond donors (Lipinski definition) is 3. The van der Waals surface area contributed by atoms with Gasteiger partial charge in [0, 0.05) is 13.2 Å². The molecule has 0 aromatic carbocycles. The molecule has 5 N–H and O–H groups in total. The zero-order valence-electron chi connectivity index (χ0n) is 10.1. The summed E-state index contributed by atoms with van der Waals surface area (Å²) in [5.74, 6) is -0.406. The lowest BCUT2D eigenvalue weighted by Crippen LogP contribution is -2.21. The van der Waals surface area contributed by atoms with E-state index < -0.39 is 11.9 Å². The smallest absolute Gasteiger partial charge is 0.317 e. The van der Waals surface area contributed by atoms with Crippen molar-refractivity contribution in [2.24, 2.45) is 18.5 Å². The Bertz CT molecular complexity index is 648. The van der Waals surface area contributed by atoms with Gasteiger partial charge in [0.15, 0.2) is 0 Å². The molecule has 0 radical (unpaired) electrons. The zero-order chi connectivity index (χ0) is 14.0. The van der Waals surface area contributed by atoms with Crippen molar-refractivity contribution in [2.75, 3.05) is 5.32 Å². The van der Waals surface area contributed by atoms with Gasteiger partial charge in [-0.1, -0.05) is 0 Å². The van der Waals surface area contributed by atoms with Crippen molar-refractivity contribution < 1.29 is 9.59 Å². The molecule has 0 unspecified atom stereocenters. The van der Waals surface area contributed by atoms with Crippen LogP contribution in [-0.4, -0.2) is 26.7 Å². The van der Waals surface area contributed by atoms with Gasteiger partial charge in [0.1, 0.15) is 17.2 Å². The van der Waals surface area contributed by atoms with E-state index in [2.05, 4.69) is 15.4 Å². The molecule has 2 aromatic heterocycles. The normalized spacial score (nSPS) is 10.2. The van der Waals surface area contributed by atoms with Crippen molar-refractivity contribution in [2.45, 2.75) is 0 Å². The summed E-state index contributed by atoms with van der Waals surface area (Å²) in [4.78, 5) is 26.3. The zero-order valence-corrected chi connectivity index (χ0v) is 10.1. The second-order valence-corrected chi connectivity index (χ2v) is 3.82. The van der Waals surface area contributed by atoms with Crippen molar-refractivity contribution in [1.82, 2.24) is 14.8 Å². The molecule has 0 atom stereocenters. The maximum atomic E-state index is 11.4. The first-order chi connectivity index (χ1) is 8.97. The van der Waals surface area contributed by atoms with Crippen molar-refractivity contribution in [3.8, 4) is 11.4 Å². The monoisotopic (exact) mass is 260 g/mol. The Morgan fingerprint density at radius 3 is 2.53 bits per heavy atom. The van der Waals surface area contributed by atoms with Crippen LogP contribution in [0, 0.1) is 0 Å². The molecule has 3 amide bonds. The van der Waals surface area contributed by atoms with Crippen LogP contribution < -0.4 is 16.8 Å². The van der Waals surface area contributed by atoms with E-state index in [1.807, 2.05) is 0 Å². The molecule has 0 aliphatic carbocycles. The van der Waals surface area contributed by atoms with Crippen molar-refractivity contribution in [3.05, 3.63) is 30.0 Å². The molecular weight excluding hydrogens is 248 g/mol. The van der Waals surface area contributed by atoms with Gasteiger partial charge in [-0.2, -0.15) is 5.10 Å². The number of aromatic nitrogens is 3. The standard InChI is InChI=1S/C11H12N6O2/c1-17-5-4-7(16-17)9-6(10(12)18)2-3-8(14-9)15-11(13)19/h2-5H,1H3,(H2,12,18)(H3,13,14,15,19). The summed E-state index contributed by atoms with van der Waals surface area (Å²) >= 11 is 0. The van der Waals surface area contributed by atoms with Gasteiger partial charge in [-0.3, -0.25) is 14.8 Å². The van der Waals surface area contributed by atoms with Gasteiger partial charge in [-0.25, -0.2) is 9.78 Å². The average molecular weight is 260 g/mol. The van der Waals surface area contributed by atoms with Crippen LogP contribution in [-0.2, 0) is 7.05 Å². The highest BCUT2D eigenvalue weighted by molar-refractivity contribution is 5.99. The minimum absolute atomic E-state index is 0.216. The molecule has 0 saturated heterocycles. The Balaban J connectivity index is 2.53. The summed E-state index contributed by atoms with van der Waals surface area (Å²) in [7, 11) is 1.74. The number of anilines is 1. The number of hydrogen-bond acceptors (Lipinski definition) is 4. The van der Waals surface area contributed by atoms with Gasteiger partial charge in [0.05, 0.1) is 5.56 Å². The lowest BCUT2D eigenvalue weighted by Gasteiger charge is -2.06. The fraction of sp³-hybridized carbons (Fsp3) is 0.0909. The summed E-state index contributed by atoms with van der Waals surface area (Å²) in [6.45, 7) is 0. The van der Waals surface area contributed by atoms with E-state index in [9.17, 15) is 9.59 Å². The predicted molar refractivity (Wildman–Crippen MR) is 68.2 cm³/mol. The molecule has 0 aliphatic heterocycles. The van der Waals surface area contributed by atoms with Gasteiger partial charge in [-0.15, -0.1) is 0 Å². The number of nitrogens with zero attached hydrogens (tertiary/aromatic N) is 3. The number of carbonyl (C=O) groups excluding carboxylic acids is 2. The Morgan fingerprint density at radius 2 is 2.00 bits per heavy atom. The van der Waals surface area contributed by atoms with Crippen molar-refractivity contribution >= 4 is 17.8 Å². The predicted octanol–water partition coefficient (Wildman–Crippen LogP) is 0.0716. The largest absolute Gasteiger partial charge is 0.366 e. The van der Waals surface area contributed by atoms with Crippen LogP contribution in [0.5, 0.6) is 0 Å². The lowest BCUT2D eigenvalue weighted by molar-refractivity contribution is 0.100.